The minimum Gasteiger partial charge on any atom is -0.481 e. The van der Waals surface area contributed by atoms with Gasteiger partial charge < -0.3 is 10.8 Å². The van der Waals surface area contributed by atoms with E-state index in [0.29, 0.717) is 12.8 Å². The number of nitrogens with zero attached hydrogens (tertiary/aromatic N) is 1. The Balaban J connectivity index is 3.94. The Morgan fingerprint density at radius 3 is 2.58 bits per heavy atom. The molecule has 1 unspecified atom stereocenters. The Bertz CT molecular complexity index is 206. The molecular weight excluding hydrogens is 156 g/mol. The monoisotopic (exact) mass is 170 g/mol. The van der Waals surface area contributed by atoms with E-state index in [1.165, 1.54) is 0 Å². The predicted molar refractivity (Wildman–Crippen MR) is 44.2 cm³/mol. The van der Waals surface area contributed by atoms with E-state index in [2.05, 4.69) is 0 Å². The van der Waals surface area contributed by atoms with Crippen LogP contribution in [0.25, 0.3) is 0 Å². The number of nitrogens with two attached hydrogens (primary N) is 1. The van der Waals surface area contributed by atoms with Crippen LogP contribution in [0.2, 0.25) is 0 Å². The van der Waals surface area contributed by atoms with Crippen molar-refractivity contribution >= 4 is 5.97 Å². The SMILES string of the molecule is CC(C)(CCC(N)C#N)C(=O)O. The lowest BCUT2D eigenvalue weighted by Crippen LogP contribution is -2.27. The zero-order chi connectivity index (χ0) is 9.78. The fourth-order valence-electron chi connectivity index (χ4n) is 0.688. The van der Waals surface area contributed by atoms with Crippen LogP contribution in [0.4, 0.5) is 0 Å². The summed E-state index contributed by atoms with van der Waals surface area (Å²) in [5, 5.41) is 17.1. The molecule has 0 aliphatic heterocycles. The van der Waals surface area contributed by atoms with Gasteiger partial charge in [-0.25, -0.2) is 0 Å². The van der Waals surface area contributed by atoms with Crippen molar-refractivity contribution < 1.29 is 9.90 Å². The molecule has 0 radical (unpaired) electrons. The minimum absolute atomic E-state index is 0.426. The predicted octanol–water partition coefficient (Wildman–Crippen LogP) is 0.728. The van der Waals surface area contributed by atoms with Crippen molar-refractivity contribution in [2.45, 2.75) is 32.7 Å². The van der Waals surface area contributed by atoms with Gasteiger partial charge in [-0.05, 0) is 26.7 Å². The highest BCUT2D eigenvalue weighted by molar-refractivity contribution is 5.73. The molecule has 12 heavy (non-hydrogen) atoms. The number of rotatable bonds is 4. The van der Waals surface area contributed by atoms with Crippen LogP contribution in [0.15, 0.2) is 0 Å². The van der Waals surface area contributed by atoms with Crippen LogP contribution < -0.4 is 5.73 Å². The fraction of sp³-hybridized carbons (Fsp3) is 0.750. The standard InChI is InChI=1S/C8H14N2O2/c1-8(2,7(11)12)4-3-6(10)5-9/h6H,3-4,10H2,1-2H3,(H,11,12). The molecule has 0 saturated carbocycles. The first-order chi connectivity index (χ1) is 5.40. The van der Waals surface area contributed by atoms with E-state index in [9.17, 15) is 4.79 Å². The minimum atomic E-state index is -0.854. The molecule has 0 heterocycles. The summed E-state index contributed by atoms with van der Waals surface area (Å²) in [6.45, 7) is 3.25. The lowest BCUT2D eigenvalue weighted by molar-refractivity contribution is -0.147. The molecular formula is C8H14N2O2. The maximum absolute atomic E-state index is 10.6. The summed E-state index contributed by atoms with van der Waals surface area (Å²) >= 11 is 0. The maximum atomic E-state index is 10.6. The van der Waals surface area contributed by atoms with E-state index in [1.807, 2.05) is 6.07 Å². The Morgan fingerprint density at radius 1 is 1.75 bits per heavy atom. The summed E-state index contributed by atoms with van der Waals surface area (Å²) < 4.78 is 0. The smallest absolute Gasteiger partial charge is 0.309 e. The van der Waals surface area contributed by atoms with E-state index >= 15 is 0 Å². The Morgan fingerprint density at radius 2 is 2.25 bits per heavy atom. The second kappa shape index (κ2) is 4.07. The highest BCUT2D eigenvalue weighted by Crippen LogP contribution is 2.22. The molecule has 3 N–H and O–H groups in total. The van der Waals surface area contributed by atoms with Gasteiger partial charge in [0.25, 0.3) is 0 Å². The van der Waals surface area contributed by atoms with Crippen molar-refractivity contribution in [3.05, 3.63) is 0 Å². The zero-order valence-corrected chi connectivity index (χ0v) is 7.37. The zero-order valence-electron chi connectivity index (χ0n) is 7.37. The third-order valence-corrected chi connectivity index (χ3v) is 1.83. The molecule has 1 atom stereocenters. The Hall–Kier alpha value is -1.08. The van der Waals surface area contributed by atoms with Crippen LogP contribution in [0.5, 0.6) is 0 Å². The number of hydrogen-bond acceptors (Lipinski definition) is 3. The summed E-state index contributed by atoms with van der Waals surface area (Å²) in [4.78, 5) is 10.6. The molecule has 0 amide bonds. The summed E-state index contributed by atoms with van der Waals surface area (Å²) in [7, 11) is 0. The van der Waals surface area contributed by atoms with Gasteiger partial charge in [0.1, 0.15) is 0 Å². The summed E-state index contributed by atoms with van der Waals surface area (Å²) in [6, 6.07) is 1.31. The van der Waals surface area contributed by atoms with E-state index < -0.39 is 17.4 Å². The number of carboxylic acids is 1. The van der Waals surface area contributed by atoms with Gasteiger partial charge in [0.2, 0.25) is 0 Å². The van der Waals surface area contributed by atoms with Gasteiger partial charge in [0, 0.05) is 0 Å². The van der Waals surface area contributed by atoms with Crippen LogP contribution in [-0.4, -0.2) is 17.1 Å². The van der Waals surface area contributed by atoms with Gasteiger partial charge in [0.05, 0.1) is 17.5 Å². The lowest BCUT2D eigenvalue weighted by atomic mass is 9.87. The first kappa shape index (κ1) is 10.9. The van der Waals surface area contributed by atoms with Crippen molar-refractivity contribution in [1.82, 2.24) is 0 Å². The topological polar surface area (TPSA) is 87.1 Å². The number of carboxylic acid groups (broad SMARTS) is 1. The molecule has 4 nitrogen and oxygen atoms in total. The molecule has 0 aliphatic rings. The average Bonchev–Trinajstić information content (AvgIpc) is 2.00. The molecule has 68 valence electrons. The van der Waals surface area contributed by atoms with Crippen molar-refractivity contribution in [1.29, 1.82) is 5.26 Å². The van der Waals surface area contributed by atoms with Crippen LogP contribution in [0.3, 0.4) is 0 Å². The molecule has 0 aromatic carbocycles. The molecule has 0 saturated heterocycles. The van der Waals surface area contributed by atoms with Crippen LogP contribution in [-0.2, 0) is 4.79 Å². The number of carbonyl (C=O) groups is 1. The highest BCUT2D eigenvalue weighted by Gasteiger charge is 2.27. The first-order valence-corrected chi connectivity index (χ1v) is 3.79. The van der Waals surface area contributed by atoms with Crippen molar-refractivity contribution in [3.63, 3.8) is 0 Å². The third kappa shape index (κ3) is 3.35. The molecule has 4 heteroatoms. The van der Waals surface area contributed by atoms with Gasteiger partial charge in [-0.2, -0.15) is 5.26 Å². The Kier molecular flexibility index (Phi) is 3.71. The quantitative estimate of drug-likeness (QED) is 0.651. The Labute approximate surface area is 72.0 Å². The van der Waals surface area contributed by atoms with Gasteiger partial charge >= 0.3 is 5.97 Å². The van der Waals surface area contributed by atoms with Crippen molar-refractivity contribution in [2.75, 3.05) is 0 Å². The fourth-order valence-corrected chi connectivity index (χ4v) is 0.688. The number of hydrogen-bond donors (Lipinski definition) is 2. The van der Waals surface area contributed by atoms with Crippen molar-refractivity contribution in [2.24, 2.45) is 11.1 Å². The summed E-state index contributed by atoms with van der Waals surface area (Å²) in [5.74, 6) is -0.854. The van der Waals surface area contributed by atoms with Crippen LogP contribution in [0, 0.1) is 16.7 Å². The number of aliphatic carboxylic acids is 1. The second-order valence-corrected chi connectivity index (χ2v) is 3.46. The van der Waals surface area contributed by atoms with Gasteiger partial charge in [0.15, 0.2) is 0 Å². The molecule has 0 aliphatic carbocycles. The summed E-state index contributed by atoms with van der Waals surface area (Å²) in [5.41, 5.74) is 4.54. The van der Waals surface area contributed by atoms with E-state index in [0.717, 1.165) is 0 Å². The number of nitriles is 1. The average molecular weight is 170 g/mol. The molecule has 0 rings (SSSR count). The molecule has 0 spiro atoms. The van der Waals surface area contributed by atoms with Gasteiger partial charge in [-0.15, -0.1) is 0 Å². The van der Waals surface area contributed by atoms with Gasteiger partial charge in [-0.1, -0.05) is 0 Å². The molecule has 0 fully saturated rings. The lowest BCUT2D eigenvalue weighted by Gasteiger charge is -2.18. The third-order valence-electron chi connectivity index (χ3n) is 1.83. The van der Waals surface area contributed by atoms with Crippen molar-refractivity contribution in [3.8, 4) is 6.07 Å². The molecule has 0 aromatic rings. The maximum Gasteiger partial charge on any atom is 0.309 e. The molecule has 0 aromatic heterocycles. The van der Waals surface area contributed by atoms with E-state index in [4.69, 9.17) is 16.1 Å². The van der Waals surface area contributed by atoms with E-state index in [-0.39, 0.29) is 0 Å². The molecule has 0 bridgehead atoms. The van der Waals surface area contributed by atoms with Crippen LogP contribution in [0.1, 0.15) is 26.7 Å². The van der Waals surface area contributed by atoms with E-state index in [1.54, 1.807) is 13.8 Å². The second-order valence-electron chi connectivity index (χ2n) is 3.46. The normalized spacial score (nSPS) is 13.5. The first-order valence-electron chi connectivity index (χ1n) is 3.79. The van der Waals surface area contributed by atoms with Crippen LogP contribution >= 0.6 is 0 Å². The largest absolute Gasteiger partial charge is 0.481 e. The van der Waals surface area contributed by atoms with Gasteiger partial charge in [-0.3, -0.25) is 4.79 Å². The summed E-state index contributed by atoms with van der Waals surface area (Å²) in [6.07, 6.45) is 0.854. The highest BCUT2D eigenvalue weighted by atomic mass is 16.4.